The number of oxazole rings is 1. The van der Waals surface area contributed by atoms with Crippen molar-refractivity contribution in [3.05, 3.63) is 36.2 Å². The molecule has 0 atom stereocenters. The summed E-state index contributed by atoms with van der Waals surface area (Å²) >= 11 is 0. The van der Waals surface area contributed by atoms with E-state index in [1.54, 1.807) is 6.07 Å². The van der Waals surface area contributed by atoms with Gasteiger partial charge < -0.3 is 4.42 Å². The zero-order valence-electron chi connectivity index (χ0n) is 7.68. The van der Waals surface area contributed by atoms with Crippen LogP contribution in [-0.2, 0) is 4.79 Å². The molecule has 0 bridgehead atoms. The molecule has 1 aromatic heterocycles. The number of hydroxylamine groups is 1. The summed E-state index contributed by atoms with van der Waals surface area (Å²) in [6, 6.07) is 7.27. The Hall–Kier alpha value is -2.14. The van der Waals surface area contributed by atoms with E-state index in [9.17, 15) is 4.79 Å². The number of carbonyl (C=O) groups excluding carboxylic acids is 1. The molecule has 0 fully saturated rings. The molecule has 0 saturated carbocycles. The van der Waals surface area contributed by atoms with Crippen LogP contribution in [0.3, 0.4) is 0 Å². The van der Waals surface area contributed by atoms with E-state index in [4.69, 9.17) is 9.62 Å². The lowest BCUT2D eigenvalue weighted by atomic mass is 10.3. The predicted molar refractivity (Wildman–Crippen MR) is 53.0 cm³/mol. The number of benzene rings is 1. The number of aromatic nitrogens is 1. The SMILES string of the molecule is O=C(/C=C/c1nc2ccccc2o1)NO. The smallest absolute Gasteiger partial charge is 0.267 e. The van der Waals surface area contributed by atoms with Gasteiger partial charge in [0.2, 0.25) is 5.89 Å². The Morgan fingerprint density at radius 1 is 1.47 bits per heavy atom. The summed E-state index contributed by atoms with van der Waals surface area (Å²) in [5.74, 6) is -0.308. The molecule has 0 aliphatic heterocycles. The van der Waals surface area contributed by atoms with Crippen molar-refractivity contribution in [1.82, 2.24) is 10.5 Å². The summed E-state index contributed by atoms with van der Waals surface area (Å²) in [4.78, 5) is 14.8. The van der Waals surface area contributed by atoms with Crippen molar-refractivity contribution in [2.75, 3.05) is 0 Å². The summed E-state index contributed by atoms with van der Waals surface area (Å²) in [5.41, 5.74) is 2.85. The van der Waals surface area contributed by atoms with Crippen molar-refractivity contribution in [2.45, 2.75) is 0 Å². The van der Waals surface area contributed by atoms with Crippen LogP contribution in [0.15, 0.2) is 34.8 Å². The zero-order chi connectivity index (χ0) is 10.7. The molecule has 1 heterocycles. The summed E-state index contributed by atoms with van der Waals surface area (Å²) in [6.45, 7) is 0. The lowest BCUT2D eigenvalue weighted by Gasteiger charge is -1.85. The quantitative estimate of drug-likeness (QED) is 0.439. The molecular formula is C10H8N2O3. The lowest BCUT2D eigenvalue weighted by molar-refractivity contribution is -0.124. The molecule has 1 amide bonds. The standard InChI is InChI=1S/C10H8N2O3/c13-9(12-14)5-6-10-11-7-3-1-2-4-8(7)15-10/h1-6,14H,(H,12,13)/b6-5+. The summed E-state index contributed by atoms with van der Waals surface area (Å²) < 4.78 is 5.30. The fourth-order valence-corrected chi connectivity index (χ4v) is 1.15. The van der Waals surface area contributed by atoms with Crippen LogP contribution in [0.4, 0.5) is 0 Å². The Kier molecular flexibility index (Phi) is 2.47. The van der Waals surface area contributed by atoms with Crippen LogP contribution in [-0.4, -0.2) is 16.1 Å². The van der Waals surface area contributed by atoms with E-state index >= 15 is 0 Å². The van der Waals surface area contributed by atoms with Gasteiger partial charge in [-0.15, -0.1) is 0 Å². The van der Waals surface area contributed by atoms with Gasteiger partial charge in [-0.25, -0.2) is 10.5 Å². The van der Waals surface area contributed by atoms with Gasteiger partial charge >= 0.3 is 0 Å². The largest absolute Gasteiger partial charge is 0.437 e. The average molecular weight is 204 g/mol. The second-order valence-electron chi connectivity index (χ2n) is 2.83. The first-order valence-electron chi connectivity index (χ1n) is 4.27. The van der Waals surface area contributed by atoms with Gasteiger partial charge in [0.1, 0.15) is 5.52 Å². The lowest BCUT2D eigenvalue weighted by Crippen LogP contribution is -2.14. The van der Waals surface area contributed by atoms with Crippen molar-refractivity contribution >= 4 is 23.1 Å². The summed E-state index contributed by atoms with van der Waals surface area (Å²) in [7, 11) is 0. The molecular weight excluding hydrogens is 196 g/mol. The van der Waals surface area contributed by atoms with E-state index in [1.165, 1.54) is 11.6 Å². The van der Waals surface area contributed by atoms with E-state index in [0.29, 0.717) is 11.5 Å². The monoisotopic (exact) mass is 204 g/mol. The van der Waals surface area contributed by atoms with Gasteiger partial charge in [-0.3, -0.25) is 10.0 Å². The molecule has 0 spiro atoms. The van der Waals surface area contributed by atoms with E-state index in [-0.39, 0.29) is 0 Å². The minimum atomic E-state index is -0.628. The first-order valence-corrected chi connectivity index (χ1v) is 4.27. The molecule has 0 saturated heterocycles. The highest BCUT2D eigenvalue weighted by atomic mass is 16.5. The fourth-order valence-electron chi connectivity index (χ4n) is 1.15. The number of hydrogen-bond acceptors (Lipinski definition) is 4. The van der Waals surface area contributed by atoms with Crippen molar-refractivity contribution in [1.29, 1.82) is 0 Å². The maximum Gasteiger partial charge on any atom is 0.267 e. The molecule has 5 nitrogen and oxygen atoms in total. The first-order chi connectivity index (χ1) is 7.29. The van der Waals surface area contributed by atoms with Gasteiger partial charge in [0.05, 0.1) is 0 Å². The van der Waals surface area contributed by atoms with Crippen LogP contribution in [0.5, 0.6) is 0 Å². The number of fused-ring (bicyclic) bond motifs is 1. The van der Waals surface area contributed by atoms with Crippen LogP contribution >= 0.6 is 0 Å². The van der Waals surface area contributed by atoms with Gasteiger partial charge in [-0.2, -0.15) is 0 Å². The molecule has 1 aromatic carbocycles. The summed E-state index contributed by atoms with van der Waals surface area (Å²) in [5, 5.41) is 8.25. The van der Waals surface area contributed by atoms with E-state index in [2.05, 4.69) is 4.98 Å². The van der Waals surface area contributed by atoms with Crippen LogP contribution in [0.25, 0.3) is 17.2 Å². The molecule has 0 aliphatic carbocycles. The molecule has 0 radical (unpaired) electrons. The van der Waals surface area contributed by atoms with Crippen LogP contribution < -0.4 is 5.48 Å². The Morgan fingerprint density at radius 3 is 3.00 bits per heavy atom. The fraction of sp³-hybridized carbons (Fsp3) is 0. The Bertz CT molecular complexity index is 483. The highest BCUT2D eigenvalue weighted by Crippen LogP contribution is 2.15. The number of amides is 1. The number of carbonyl (C=O) groups is 1. The molecule has 2 rings (SSSR count). The minimum Gasteiger partial charge on any atom is -0.437 e. The Labute approximate surface area is 85.0 Å². The van der Waals surface area contributed by atoms with Gasteiger partial charge in [0, 0.05) is 12.2 Å². The second kappa shape index (κ2) is 3.93. The first kappa shape index (κ1) is 9.42. The molecule has 5 heteroatoms. The predicted octanol–water partition coefficient (Wildman–Crippen LogP) is 1.35. The molecule has 76 valence electrons. The highest BCUT2D eigenvalue weighted by molar-refractivity contribution is 5.90. The topological polar surface area (TPSA) is 75.4 Å². The van der Waals surface area contributed by atoms with E-state index in [1.807, 2.05) is 18.2 Å². The third kappa shape index (κ3) is 2.03. The third-order valence-electron chi connectivity index (χ3n) is 1.80. The van der Waals surface area contributed by atoms with Crippen LogP contribution in [0.1, 0.15) is 5.89 Å². The van der Waals surface area contributed by atoms with Crippen LogP contribution in [0, 0.1) is 0 Å². The Morgan fingerprint density at radius 2 is 2.27 bits per heavy atom. The Balaban J connectivity index is 2.29. The highest BCUT2D eigenvalue weighted by Gasteiger charge is 2.01. The van der Waals surface area contributed by atoms with Gasteiger partial charge in [-0.05, 0) is 12.1 Å². The number of hydrogen-bond donors (Lipinski definition) is 2. The van der Waals surface area contributed by atoms with E-state index < -0.39 is 5.91 Å². The van der Waals surface area contributed by atoms with Crippen LogP contribution in [0.2, 0.25) is 0 Å². The van der Waals surface area contributed by atoms with Crippen molar-refractivity contribution < 1.29 is 14.4 Å². The van der Waals surface area contributed by atoms with Crippen molar-refractivity contribution in [3.8, 4) is 0 Å². The zero-order valence-corrected chi connectivity index (χ0v) is 7.68. The van der Waals surface area contributed by atoms with Gasteiger partial charge in [0.15, 0.2) is 5.58 Å². The minimum absolute atomic E-state index is 0.319. The average Bonchev–Trinajstić information content (AvgIpc) is 2.68. The molecule has 2 aromatic rings. The number of nitrogens with one attached hydrogen (secondary N) is 1. The van der Waals surface area contributed by atoms with Gasteiger partial charge in [-0.1, -0.05) is 12.1 Å². The van der Waals surface area contributed by atoms with Crippen molar-refractivity contribution in [2.24, 2.45) is 0 Å². The maximum atomic E-state index is 10.7. The maximum absolute atomic E-state index is 10.7. The molecule has 15 heavy (non-hydrogen) atoms. The third-order valence-corrected chi connectivity index (χ3v) is 1.80. The summed E-state index contributed by atoms with van der Waals surface area (Å²) in [6.07, 6.45) is 2.51. The number of rotatable bonds is 2. The second-order valence-corrected chi connectivity index (χ2v) is 2.83. The molecule has 0 unspecified atom stereocenters. The number of nitrogens with zero attached hydrogens (tertiary/aromatic N) is 1. The van der Waals surface area contributed by atoms with E-state index in [0.717, 1.165) is 11.6 Å². The van der Waals surface area contributed by atoms with Gasteiger partial charge in [0.25, 0.3) is 5.91 Å². The normalized spacial score (nSPS) is 11.0. The molecule has 2 N–H and O–H groups in total. The number of para-hydroxylation sites is 2. The van der Waals surface area contributed by atoms with Crippen molar-refractivity contribution in [3.63, 3.8) is 0 Å². The molecule has 0 aliphatic rings.